The quantitative estimate of drug-likeness (QED) is 0.771. The molecule has 1 N–H and O–H groups in total. The first-order valence-electron chi connectivity index (χ1n) is 4.95. The van der Waals surface area contributed by atoms with Gasteiger partial charge < -0.3 is 5.11 Å². The number of aliphatic carboxylic acids is 1. The molecule has 0 saturated heterocycles. The Bertz CT molecular complexity index is 361. The number of thiol groups is 1. The molecule has 0 aromatic heterocycles. The summed E-state index contributed by atoms with van der Waals surface area (Å²) in [6, 6.07) is 5.99. The monoisotopic (exact) mass is 224 g/mol. The van der Waals surface area contributed by atoms with E-state index in [0.717, 1.165) is 5.56 Å². The predicted molar refractivity (Wildman–Crippen MR) is 64.6 cm³/mol. The Hall–Kier alpha value is -0.960. The van der Waals surface area contributed by atoms with E-state index in [1.165, 1.54) is 11.1 Å². The Morgan fingerprint density at radius 3 is 2.67 bits per heavy atom. The molecule has 1 rings (SSSR count). The highest BCUT2D eigenvalue weighted by atomic mass is 32.1. The summed E-state index contributed by atoms with van der Waals surface area (Å²) in [5.41, 5.74) is 3.50. The van der Waals surface area contributed by atoms with E-state index in [9.17, 15) is 4.79 Å². The molecule has 0 aliphatic rings. The molecule has 82 valence electrons. The van der Waals surface area contributed by atoms with Crippen molar-refractivity contribution in [3.63, 3.8) is 0 Å². The Kier molecular flexibility index (Phi) is 4.21. The maximum Gasteiger partial charge on any atom is 0.307 e. The van der Waals surface area contributed by atoms with Crippen LogP contribution in [0.25, 0.3) is 0 Å². The molecular weight excluding hydrogens is 208 g/mol. The van der Waals surface area contributed by atoms with Gasteiger partial charge in [0, 0.05) is 5.75 Å². The fourth-order valence-electron chi connectivity index (χ4n) is 1.53. The molecule has 3 heteroatoms. The summed E-state index contributed by atoms with van der Waals surface area (Å²) in [5.74, 6) is -0.789. The fourth-order valence-corrected chi connectivity index (χ4v) is 1.81. The van der Waals surface area contributed by atoms with Crippen LogP contribution in [0.1, 0.15) is 16.7 Å². The number of carbonyl (C=O) groups is 1. The van der Waals surface area contributed by atoms with Crippen molar-refractivity contribution in [3.8, 4) is 0 Å². The second-order valence-electron chi connectivity index (χ2n) is 3.78. The molecule has 0 bridgehead atoms. The van der Waals surface area contributed by atoms with Crippen molar-refractivity contribution in [1.82, 2.24) is 0 Å². The average molecular weight is 224 g/mol. The topological polar surface area (TPSA) is 37.3 Å². The minimum absolute atomic E-state index is 0.378. The third-order valence-corrected chi connectivity index (χ3v) is 3.19. The lowest BCUT2D eigenvalue weighted by Crippen LogP contribution is -2.18. The van der Waals surface area contributed by atoms with Gasteiger partial charge in [-0.25, -0.2) is 0 Å². The summed E-state index contributed by atoms with van der Waals surface area (Å²) < 4.78 is 0. The van der Waals surface area contributed by atoms with Gasteiger partial charge >= 0.3 is 5.97 Å². The van der Waals surface area contributed by atoms with Crippen LogP contribution in [0.4, 0.5) is 0 Å². The second kappa shape index (κ2) is 5.21. The Morgan fingerprint density at radius 2 is 2.13 bits per heavy atom. The molecule has 0 aliphatic heterocycles. The van der Waals surface area contributed by atoms with Crippen LogP contribution >= 0.6 is 12.6 Å². The largest absolute Gasteiger partial charge is 0.481 e. The molecule has 0 radical (unpaired) electrons. The van der Waals surface area contributed by atoms with Crippen LogP contribution in [-0.2, 0) is 11.2 Å². The van der Waals surface area contributed by atoms with Gasteiger partial charge in [0.15, 0.2) is 0 Å². The Balaban J connectivity index is 2.88. The molecule has 1 aromatic rings. The molecule has 1 unspecified atom stereocenters. The van der Waals surface area contributed by atoms with E-state index in [1.54, 1.807) is 0 Å². The van der Waals surface area contributed by atoms with Crippen LogP contribution in [0.5, 0.6) is 0 Å². The summed E-state index contributed by atoms with van der Waals surface area (Å²) in [5, 5.41) is 8.95. The van der Waals surface area contributed by atoms with Gasteiger partial charge in [0.05, 0.1) is 5.92 Å². The first-order chi connectivity index (χ1) is 7.06. The van der Waals surface area contributed by atoms with Crippen LogP contribution in [0.15, 0.2) is 18.2 Å². The van der Waals surface area contributed by atoms with Crippen molar-refractivity contribution >= 4 is 18.6 Å². The van der Waals surface area contributed by atoms with Crippen LogP contribution in [0.3, 0.4) is 0 Å². The maximum absolute atomic E-state index is 10.9. The zero-order valence-electron chi connectivity index (χ0n) is 9.03. The van der Waals surface area contributed by atoms with E-state index in [4.69, 9.17) is 5.11 Å². The molecule has 1 aromatic carbocycles. The highest BCUT2D eigenvalue weighted by Crippen LogP contribution is 2.17. The maximum atomic E-state index is 10.9. The number of aryl methyl sites for hydroxylation is 1. The normalized spacial score (nSPS) is 12.5. The first-order valence-corrected chi connectivity index (χ1v) is 5.58. The van der Waals surface area contributed by atoms with Crippen molar-refractivity contribution < 1.29 is 9.90 Å². The number of rotatable bonds is 4. The molecule has 0 aliphatic carbocycles. The molecule has 0 fully saturated rings. The van der Waals surface area contributed by atoms with Crippen molar-refractivity contribution in [3.05, 3.63) is 34.9 Å². The minimum atomic E-state index is -0.772. The minimum Gasteiger partial charge on any atom is -0.481 e. The number of hydrogen-bond donors (Lipinski definition) is 2. The molecule has 2 nitrogen and oxygen atoms in total. The lowest BCUT2D eigenvalue weighted by Gasteiger charge is -2.12. The lowest BCUT2D eigenvalue weighted by molar-refractivity contribution is -0.140. The zero-order chi connectivity index (χ0) is 11.4. The molecule has 15 heavy (non-hydrogen) atoms. The van der Waals surface area contributed by atoms with E-state index < -0.39 is 11.9 Å². The summed E-state index contributed by atoms with van der Waals surface area (Å²) in [6.45, 7) is 4.07. The van der Waals surface area contributed by atoms with Gasteiger partial charge in [-0.15, -0.1) is 0 Å². The standard InChI is InChI=1S/C12H16O2S/c1-8-4-3-5-10(9(8)2)6-11(7-15)12(13)14/h3-5,11,15H,6-7H2,1-2H3,(H,13,14). The highest BCUT2D eigenvalue weighted by Gasteiger charge is 2.17. The van der Waals surface area contributed by atoms with Crippen LogP contribution in [0, 0.1) is 19.8 Å². The molecule has 0 spiro atoms. The van der Waals surface area contributed by atoms with Crippen molar-refractivity contribution in [2.45, 2.75) is 20.3 Å². The van der Waals surface area contributed by atoms with Crippen molar-refractivity contribution in [2.24, 2.45) is 5.92 Å². The van der Waals surface area contributed by atoms with Gasteiger partial charge in [-0.1, -0.05) is 18.2 Å². The van der Waals surface area contributed by atoms with Gasteiger partial charge in [0.2, 0.25) is 0 Å². The average Bonchev–Trinajstić information content (AvgIpc) is 2.19. The molecule has 0 saturated carbocycles. The van der Waals surface area contributed by atoms with Crippen LogP contribution in [-0.4, -0.2) is 16.8 Å². The lowest BCUT2D eigenvalue weighted by atomic mass is 9.95. The molecule has 1 atom stereocenters. The Labute approximate surface area is 95.7 Å². The second-order valence-corrected chi connectivity index (χ2v) is 4.15. The summed E-state index contributed by atoms with van der Waals surface area (Å²) in [6.07, 6.45) is 0.562. The molecular formula is C12H16O2S. The molecule has 0 heterocycles. The first kappa shape index (κ1) is 12.1. The van der Waals surface area contributed by atoms with E-state index in [2.05, 4.69) is 12.6 Å². The van der Waals surface area contributed by atoms with Gasteiger partial charge in [-0.3, -0.25) is 4.79 Å². The van der Waals surface area contributed by atoms with E-state index >= 15 is 0 Å². The van der Waals surface area contributed by atoms with E-state index in [0.29, 0.717) is 12.2 Å². The fraction of sp³-hybridized carbons (Fsp3) is 0.417. The van der Waals surface area contributed by atoms with E-state index in [1.807, 2.05) is 32.0 Å². The van der Waals surface area contributed by atoms with Gasteiger partial charge in [0.25, 0.3) is 0 Å². The van der Waals surface area contributed by atoms with Gasteiger partial charge in [0.1, 0.15) is 0 Å². The molecule has 0 amide bonds. The summed E-state index contributed by atoms with van der Waals surface area (Å²) in [4.78, 5) is 10.9. The van der Waals surface area contributed by atoms with Gasteiger partial charge in [-0.05, 0) is 37.0 Å². The van der Waals surface area contributed by atoms with Crippen molar-refractivity contribution in [1.29, 1.82) is 0 Å². The van der Waals surface area contributed by atoms with E-state index in [-0.39, 0.29) is 0 Å². The third kappa shape index (κ3) is 2.99. The SMILES string of the molecule is Cc1cccc(CC(CS)C(=O)O)c1C. The third-order valence-electron chi connectivity index (χ3n) is 2.75. The number of benzene rings is 1. The van der Waals surface area contributed by atoms with Crippen LogP contribution < -0.4 is 0 Å². The highest BCUT2D eigenvalue weighted by molar-refractivity contribution is 7.80. The Morgan fingerprint density at radius 1 is 1.47 bits per heavy atom. The smallest absolute Gasteiger partial charge is 0.307 e. The summed E-state index contributed by atoms with van der Waals surface area (Å²) >= 11 is 4.06. The van der Waals surface area contributed by atoms with Gasteiger partial charge in [-0.2, -0.15) is 12.6 Å². The number of carboxylic acid groups (broad SMARTS) is 1. The van der Waals surface area contributed by atoms with Crippen LogP contribution in [0.2, 0.25) is 0 Å². The van der Waals surface area contributed by atoms with Crippen molar-refractivity contribution in [2.75, 3.05) is 5.75 Å². The number of hydrogen-bond acceptors (Lipinski definition) is 2. The number of carboxylic acids is 1. The predicted octanol–water partition coefficient (Wildman–Crippen LogP) is 2.48. The summed E-state index contributed by atoms with van der Waals surface area (Å²) in [7, 11) is 0. The zero-order valence-corrected chi connectivity index (χ0v) is 9.92.